The van der Waals surface area contributed by atoms with Gasteiger partial charge in [0.1, 0.15) is 0 Å². The largest absolute Gasteiger partial charge is 0.311 e. The molecule has 8 rings (SSSR count). The zero-order valence-electron chi connectivity index (χ0n) is 26.7. The highest BCUT2D eigenvalue weighted by Crippen LogP contribution is 2.45. The van der Waals surface area contributed by atoms with E-state index in [1.807, 2.05) is 0 Å². The van der Waals surface area contributed by atoms with Crippen LogP contribution in [0.2, 0.25) is 0 Å². The molecule has 224 valence electrons. The zero-order valence-corrected chi connectivity index (χ0v) is 26.7. The van der Waals surface area contributed by atoms with Crippen LogP contribution in [0.4, 0.5) is 17.1 Å². The third-order valence-electron chi connectivity index (χ3n) is 9.19. The summed E-state index contributed by atoms with van der Waals surface area (Å²) in [6.07, 6.45) is 0. The lowest BCUT2D eigenvalue weighted by atomic mass is 9.85. The molecule has 0 saturated carbocycles. The van der Waals surface area contributed by atoms with Crippen LogP contribution in [0.3, 0.4) is 0 Å². The van der Waals surface area contributed by atoms with E-state index in [0.29, 0.717) is 0 Å². The second-order valence-corrected chi connectivity index (χ2v) is 12.3. The summed E-state index contributed by atoms with van der Waals surface area (Å²) in [5.41, 5.74) is 13.3. The van der Waals surface area contributed by atoms with Gasteiger partial charge in [0, 0.05) is 17.1 Å². The molecule has 0 spiro atoms. The number of aryl methyl sites for hydroxylation is 2. The third kappa shape index (κ3) is 5.37. The molecule has 0 unspecified atom stereocenters. The summed E-state index contributed by atoms with van der Waals surface area (Å²) in [7, 11) is 0. The van der Waals surface area contributed by atoms with Crippen molar-refractivity contribution in [1.29, 1.82) is 0 Å². The summed E-state index contributed by atoms with van der Waals surface area (Å²) >= 11 is 0. The van der Waals surface area contributed by atoms with Gasteiger partial charge in [-0.1, -0.05) is 145 Å². The highest BCUT2D eigenvalue weighted by atomic mass is 15.1. The Morgan fingerprint density at radius 2 is 0.681 bits per heavy atom. The number of nitrogens with zero attached hydrogens (tertiary/aromatic N) is 1. The van der Waals surface area contributed by atoms with Crippen molar-refractivity contribution in [2.75, 3.05) is 4.90 Å². The maximum atomic E-state index is 2.39. The van der Waals surface area contributed by atoms with Gasteiger partial charge in [-0.25, -0.2) is 0 Å². The van der Waals surface area contributed by atoms with Crippen LogP contribution in [0.5, 0.6) is 0 Å². The molecule has 0 heterocycles. The van der Waals surface area contributed by atoms with E-state index in [1.165, 1.54) is 66.1 Å². The fourth-order valence-electron chi connectivity index (χ4n) is 6.83. The van der Waals surface area contributed by atoms with Gasteiger partial charge in [0.15, 0.2) is 0 Å². The number of hydrogen-bond donors (Lipinski definition) is 0. The van der Waals surface area contributed by atoms with Gasteiger partial charge in [0.05, 0.1) is 0 Å². The molecular formula is C46H35N. The predicted octanol–water partition coefficient (Wildman–Crippen LogP) is 13.1. The molecular weight excluding hydrogens is 567 g/mol. The van der Waals surface area contributed by atoms with Crippen molar-refractivity contribution in [3.8, 4) is 33.4 Å². The lowest BCUT2D eigenvalue weighted by Gasteiger charge is -2.26. The predicted molar refractivity (Wildman–Crippen MR) is 202 cm³/mol. The van der Waals surface area contributed by atoms with E-state index in [4.69, 9.17) is 0 Å². The minimum absolute atomic E-state index is 1.13. The number of fused-ring (bicyclic) bond motifs is 2. The number of benzene rings is 8. The molecule has 47 heavy (non-hydrogen) atoms. The van der Waals surface area contributed by atoms with E-state index in [9.17, 15) is 0 Å². The fraction of sp³-hybridized carbons (Fsp3) is 0.0435. The summed E-state index contributed by atoms with van der Waals surface area (Å²) in [5.74, 6) is 0. The van der Waals surface area contributed by atoms with Crippen molar-refractivity contribution in [3.05, 3.63) is 187 Å². The second kappa shape index (κ2) is 12.1. The van der Waals surface area contributed by atoms with E-state index in [2.05, 4.69) is 195 Å². The van der Waals surface area contributed by atoms with Crippen molar-refractivity contribution in [2.45, 2.75) is 13.8 Å². The SMILES string of the molecule is Cc1ccc(N(c2ccc(C)cc2)c2ccc(-c3ccc4c(-c5ccccc5)c5ccccc5c(-c5ccccc5)c4c3)cc2)cc1. The van der Waals surface area contributed by atoms with E-state index < -0.39 is 0 Å². The molecule has 8 aromatic carbocycles. The first-order valence-electron chi connectivity index (χ1n) is 16.3. The topological polar surface area (TPSA) is 3.24 Å². The maximum absolute atomic E-state index is 2.39. The van der Waals surface area contributed by atoms with Crippen LogP contribution < -0.4 is 4.90 Å². The van der Waals surface area contributed by atoms with E-state index in [-0.39, 0.29) is 0 Å². The average molecular weight is 602 g/mol. The second-order valence-electron chi connectivity index (χ2n) is 12.3. The first kappa shape index (κ1) is 28.5. The molecule has 1 nitrogen and oxygen atoms in total. The van der Waals surface area contributed by atoms with Crippen molar-refractivity contribution in [2.24, 2.45) is 0 Å². The van der Waals surface area contributed by atoms with Crippen molar-refractivity contribution >= 4 is 38.6 Å². The summed E-state index contributed by atoms with van der Waals surface area (Å²) in [4.78, 5) is 2.33. The molecule has 0 fully saturated rings. The third-order valence-corrected chi connectivity index (χ3v) is 9.19. The van der Waals surface area contributed by atoms with Gasteiger partial charge in [-0.2, -0.15) is 0 Å². The molecule has 0 N–H and O–H groups in total. The summed E-state index contributed by atoms with van der Waals surface area (Å²) < 4.78 is 0. The first-order valence-corrected chi connectivity index (χ1v) is 16.3. The lowest BCUT2D eigenvalue weighted by Crippen LogP contribution is -2.09. The van der Waals surface area contributed by atoms with E-state index in [0.717, 1.165) is 17.1 Å². The van der Waals surface area contributed by atoms with Crippen LogP contribution in [0.25, 0.3) is 54.9 Å². The number of anilines is 3. The summed E-state index contributed by atoms with van der Waals surface area (Å²) in [5, 5.41) is 5.06. The summed E-state index contributed by atoms with van der Waals surface area (Å²) in [6, 6.07) is 64.0. The Hall–Kier alpha value is -5.92. The number of hydrogen-bond acceptors (Lipinski definition) is 1. The van der Waals surface area contributed by atoms with Crippen LogP contribution in [-0.2, 0) is 0 Å². The van der Waals surface area contributed by atoms with Gasteiger partial charge >= 0.3 is 0 Å². The zero-order chi connectivity index (χ0) is 31.7. The monoisotopic (exact) mass is 601 g/mol. The minimum atomic E-state index is 1.13. The Morgan fingerprint density at radius 3 is 1.17 bits per heavy atom. The Kier molecular flexibility index (Phi) is 7.36. The molecule has 0 aliphatic heterocycles. The number of rotatable bonds is 6. The average Bonchev–Trinajstić information content (AvgIpc) is 3.13. The Balaban J connectivity index is 1.30. The molecule has 0 bridgehead atoms. The highest BCUT2D eigenvalue weighted by Gasteiger charge is 2.18. The lowest BCUT2D eigenvalue weighted by molar-refractivity contribution is 1.27. The van der Waals surface area contributed by atoms with Gasteiger partial charge < -0.3 is 4.90 Å². The van der Waals surface area contributed by atoms with Gasteiger partial charge in [-0.05, 0) is 111 Å². The quantitative estimate of drug-likeness (QED) is 0.171. The van der Waals surface area contributed by atoms with Crippen LogP contribution in [-0.4, -0.2) is 0 Å². The fourth-order valence-corrected chi connectivity index (χ4v) is 6.83. The molecule has 0 saturated heterocycles. The minimum Gasteiger partial charge on any atom is -0.311 e. The van der Waals surface area contributed by atoms with Gasteiger partial charge in [0.25, 0.3) is 0 Å². The van der Waals surface area contributed by atoms with E-state index >= 15 is 0 Å². The first-order chi connectivity index (χ1) is 23.1. The Morgan fingerprint density at radius 1 is 0.298 bits per heavy atom. The molecule has 8 aromatic rings. The van der Waals surface area contributed by atoms with Gasteiger partial charge in [-0.3, -0.25) is 0 Å². The standard InChI is InChI=1S/C46H35N/c1-32-17-24-38(25-18-32)47(39-26-19-33(2)20-27-39)40-28-21-34(22-29-40)37-23-30-43-44(31-37)46(36-13-7-4-8-14-36)42-16-10-9-15-41(42)45(43)35-11-5-3-6-12-35/h3-31H,1-2H3. The van der Waals surface area contributed by atoms with Crippen molar-refractivity contribution in [3.63, 3.8) is 0 Å². The van der Waals surface area contributed by atoms with Crippen LogP contribution >= 0.6 is 0 Å². The van der Waals surface area contributed by atoms with Crippen LogP contribution in [0.15, 0.2) is 176 Å². The van der Waals surface area contributed by atoms with Gasteiger partial charge in [0.2, 0.25) is 0 Å². The smallest absolute Gasteiger partial charge is 0.0462 e. The highest BCUT2D eigenvalue weighted by molar-refractivity contribution is 6.21. The molecule has 0 radical (unpaired) electrons. The Bertz CT molecular complexity index is 2270. The van der Waals surface area contributed by atoms with Crippen molar-refractivity contribution in [1.82, 2.24) is 0 Å². The van der Waals surface area contributed by atoms with Crippen molar-refractivity contribution < 1.29 is 0 Å². The Labute approximate surface area is 277 Å². The maximum Gasteiger partial charge on any atom is 0.0462 e. The van der Waals surface area contributed by atoms with Crippen LogP contribution in [0, 0.1) is 13.8 Å². The molecule has 1 heteroatoms. The summed E-state index contributed by atoms with van der Waals surface area (Å²) in [6.45, 7) is 4.26. The molecule has 0 atom stereocenters. The molecule has 0 aromatic heterocycles. The van der Waals surface area contributed by atoms with Gasteiger partial charge in [-0.15, -0.1) is 0 Å². The molecule has 0 aliphatic carbocycles. The molecule has 0 aliphatic rings. The normalized spacial score (nSPS) is 11.2. The van der Waals surface area contributed by atoms with E-state index in [1.54, 1.807) is 0 Å². The molecule has 0 amide bonds. The van der Waals surface area contributed by atoms with Crippen LogP contribution in [0.1, 0.15) is 11.1 Å².